The maximum Gasteiger partial charge on any atom is 0.333 e. The molecule has 0 radical (unpaired) electrons. The summed E-state index contributed by atoms with van der Waals surface area (Å²) in [6.45, 7) is 24.9. The largest absolute Gasteiger partial charge is 0.496 e. The lowest BCUT2D eigenvalue weighted by molar-refractivity contribution is -0.143. The molecular formula is C47H56O9S. The highest BCUT2D eigenvalue weighted by Gasteiger charge is 2.23. The maximum atomic E-state index is 13.7. The Morgan fingerprint density at radius 1 is 0.561 bits per heavy atom. The van der Waals surface area contributed by atoms with Gasteiger partial charge in [-0.15, -0.1) is 0 Å². The van der Waals surface area contributed by atoms with Gasteiger partial charge in [-0.05, 0) is 90.2 Å². The van der Waals surface area contributed by atoms with Crippen LogP contribution in [0.4, 0.5) is 0 Å². The molecule has 4 aromatic rings. The number of rotatable bonds is 21. The Labute approximate surface area is 338 Å². The van der Waals surface area contributed by atoms with Gasteiger partial charge in [0.25, 0.3) is 0 Å². The van der Waals surface area contributed by atoms with Crippen molar-refractivity contribution in [2.45, 2.75) is 64.5 Å². The Morgan fingerprint density at radius 3 is 1.32 bits per heavy atom. The molecule has 0 saturated carbocycles. The number of esters is 1. The summed E-state index contributed by atoms with van der Waals surface area (Å²) in [5.41, 5.74) is 5.63. The van der Waals surface area contributed by atoms with Gasteiger partial charge >= 0.3 is 5.97 Å². The molecule has 0 aromatic heterocycles. The van der Waals surface area contributed by atoms with Crippen molar-refractivity contribution in [1.29, 1.82) is 0 Å². The first-order valence-corrected chi connectivity index (χ1v) is 20.1. The molecule has 0 bridgehead atoms. The Bertz CT molecular complexity index is 2010. The molecule has 10 heteroatoms. The molecule has 4 aromatic carbocycles. The second-order valence-corrected chi connectivity index (χ2v) is 17.7. The minimum absolute atomic E-state index is 0.187. The Hall–Kier alpha value is -5.16. The number of hydrogen-bond donors (Lipinski definition) is 0. The topological polar surface area (TPSA) is 107 Å². The van der Waals surface area contributed by atoms with Gasteiger partial charge in [-0.1, -0.05) is 83.8 Å². The number of hydrogen-bond acceptors (Lipinski definition) is 9. The summed E-state index contributed by atoms with van der Waals surface area (Å²) in [4.78, 5) is 12.2. The highest BCUT2D eigenvalue weighted by atomic mass is 32.2. The van der Waals surface area contributed by atoms with E-state index in [1.807, 2.05) is 57.2 Å². The van der Waals surface area contributed by atoms with Crippen molar-refractivity contribution in [2.75, 3.05) is 40.6 Å². The molecule has 0 fully saturated rings. The average Bonchev–Trinajstić information content (AvgIpc) is 3.18. The predicted molar refractivity (Wildman–Crippen MR) is 225 cm³/mol. The molecule has 0 aliphatic carbocycles. The molecule has 304 valence electrons. The molecule has 0 N–H and O–H groups in total. The van der Waals surface area contributed by atoms with Crippen LogP contribution >= 0.6 is 0 Å². The van der Waals surface area contributed by atoms with Crippen LogP contribution in [0.25, 0.3) is 22.3 Å². The van der Waals surface area contributed by atoms with E-state index >= 15 is 0 Å². The number of carbonyl (C=O) groups is 1. The highest BCUT2D eigenvalue weighted by molar-refractivity contribution is 7.91. The van der Waals surface area contributed by atoms with E-state index < -0.39 is 21.2 Å². The van der Waals surface area contributed by atoms with Crippen LogP contribution in [0.2, 0.25) is 0 Å². The summed E-state index contributed by atoms with van der Waals surface area (Å²) in [5.74, 6) is 1.50. The zero-order valence-corrected chi connectivity index (χ0v) is 35.3. The minimum Gasteiger partial charge on any atom is -0.496 e. The SMILES string of the molecule is C=C(C)C(=C)OCC(C)(C)COCc1cc(-c2ccc(S(=O)(=O)c3ccc(-c4ccc(OC)c(COCC(C)(C)COC(=O)C(=C)C)c4)cc3)cc2)ccc1OC. The monoisotopic (exact) mass is 796 g/mol. The van der Waals surface area contributed by atoms with E-state index in [-0.39, 0.29) is 28.4 Å². The number of sulfone groups is 1. The van der Waals surface area contributed by atoms with Gasteiger partial charge < -0.3 is 28.4 Å². The van der Waals surface area contributed by atoms with E-state index in [4.69, 9.17) is 28.4 Å². The normalized spacial score (nSPS) is 11.8. The van der Waals surface area contributed by atoms with Crippen LogP contribution in [-0.2, 0) is 46.8 Å². The smallest absolute Gasteiger partial charge is 0.333 e. The van der Waals surface area contributed by atoms with Crippen molar-refractivity contribution in [1.82, 2.24) is 0 Å². The van der Waals surface area contributed by atoms with Crippen molar-refractivity contribution in [3.05, 3.63) is 133 Å². The second-order valence-electron chi connectivity index (χ2n) is 15.8. The fourth-order valence-corrected chi connectivity index (χ4v) is 6.94. The lowest BCUT2D eigenvalue weighted by Gasteiger charge is -2.25. The quantitative estimate of drug-likeness (QED) is 0.0353. The van der Waals surface area contributed by atoms with Crippen molar-refractivity contribution in [3.8, 4) is 33.8 Å². The number of ether oxygens (including phenoxy) is 6. The lowest BCUT2D eigenvalue weighted by atomic mass is 9.96. The molecule has 0 aliphatic rings. The van der Waals surface area contributed by atoms with Gasteiger partial charge in [0.05, 0.1) is 63.7 Å². The molecule has 57 heavy (non-hydrogen) atoms. The van der Waals surface area contributed by atoms with Gasteiger partial charge in [-0.25, -0.2) is 13.2 Å². The fourth-order valence-electron chi connectivity index (χ4n) is 5.68. The molecule has 0 spiro atoms. The van der Waals surface area contributed by atoms with Crippen LogP contribution in [-0.4, -0.2) is 55.0 Å². The van der Waals surface area contributed by atoms with Gasteiger partial charge in [0, 0.05) is 27.5 Å². The minimum atomic E-state index is -3.79. The van der Waals surface area contributed by atoms with Gasteiger partial charge in [0.1, 0.15) is 17.3 Å². The summed E-state index contributed by atoms with van der Waals surface area (Å²) >= 11 is 0. The molecule has 0 heterocycles. The van der Waals surface area contributed by atoms with Crippen LogP contribution < -0.4 is 9.47 Å². The van der Waals surface area contributed by atoms with Gasteiger partial charge in [-0.2, -0.15) is 0 Å². The third kappa shape index (κ3) is 12.4. The zero-order valence-electron chi connectivity index (χ0n) is 34.5. The summed E-state index contributed by atoms with van der Waals surface area (Å²) in [7, 11) is -0.576. The van der Waals surface area contributed by atoms with Crippen LogP contribution in [0.3, 0.4) is 0 Å². The first kappa shape index (κ1) is 44.6. The molecule has 4 rings (SSSR count). The maximum absolute atomic E-state index is 13.7. The summed E-state index contributed by atoms with van der Waals surface area (Å²) in [6.07, 6.45) is 0. The Balaban J connectivity index is 1.42. The molecule has 0 saturated heterocycles. The average molecular weight is 797 g/mol. The van der Waals surface area contributed by atoms with E-state index in [2.05, 4.69) is 33.6 Å². The first-order chi connectivity index (χ1) is 26.9. The molecule has 0 atom stereocenters. The summed E-state index contributed by atoms with van der Waals surface area (Å²) in [6, 6.07) is 25.3. The zero-order chi connectivity index (χ0) is 42.0. The first-order valence-electron chi connectivity index (χ1n) is 18.6. The van der Waals surface area contributed by atoms with Gasteiger partial charge in [0.15, 0.2) is 0 Å². The van der Waals surface area contributed by atoms with Crippen LogP contribution in [0.15, 0.2) is 131 Å². The summed E-state index contributed by atoms with van der Waals surface area (Å²) < 4.78 is 61.8. The van der Waals surface area contributed by atoms with Crippen LogP contribution in [0, 0.1) is 10.8 Å². The van der Waals surface area contributed by atoms with E-state index in [0.29, 0.717) is 49.3 Å². The molecule has 0 unspecified atom stereocenters. The van der Waals surface area contributed by atoms with E-state index in [1.54, 1.807) is 69.7 Å². The van der Waals surface area contributed by atoms with E-state index in [0.717, 1.165) is 39.0 Å². The molecule has 0 amide bonds. The van der Waals surface area contributed by atoms with Crippen LogP contribution in [0.5, 0.6) is 11.5 Å². The van der Waals surface area contributed by atoms with E-state index in [9.17, 15) is 13.2 Å². The van der Waals surface area contributed by atoms with E-state index in [1.165, 1.54) is 0 Å². The third-order valence-electron chi connectivity index (χ3n) is 9.11. The highest BCUT2D eigenvalue weighted by Crippen LogP contribution is 2.32. The molecule has 0 aliphatic heterocycles. The van der Waals surface area contributed by atoms with Gasteiger partial charge in [-0.3, -0.25) is 0 Å². The molecule has 9 nitrogen and oxygen atoms in total. The van der Waals surface area contributed by atoms with Crippen molar-refractivity contribution < 1.29 is 41.6 Å². The third-order valence-corrected chi connectivity index (χ3v) is 10.9. The van der Waals surface area contributed by atoms with Crippen molar-refractivity contribution in [3.63, 3.8) is 0 Å². The number of allylic oxidation sites excluding steroid dienone is 1. The van der Waals surface area contributed by atoms with Crippen molar-refractivity contribution in [2.24, 2.45) is 10.8 Å². The van der Waals surface area contributed by atoms with Gasteiger partial charge in [0.2, 0.25) is 9.84 Å². The number of benzene rings is 4. The fraction of sp³-hybridized carbons (Fsp3) is 0.340. The Morgan fingerprint density at radius 2 is 0.947 bits per heavy atom. The second kappa shape index (κ2) is 19.3. The standard InChI is InChI=1S/C47H56O9S/c1-32(2)34(5)55-30-46(6,7)28-53-26-39-24-37(16-22-43(39)51-10)35-12-18-41(19-13-35)57(49,50)42-20-14-36(15-21-42)38-17-23-44(52-11)40(25-38)27-54-29-47(8,9)31-56-45(48)33(3)4/h12-25H,1,3,5,26-31H2,2,4,6-11H3. The molecular weight excluding hydrogens is 741 g/mol. The Kier molecular flexibility index (Phi) is 15.1. The number of carbonyl (C=O) groups excluding carboxylic acids is 1. The van der Waals surface area contributed by atoms with Crippen molar-refractivity contribution >= 4 is 15.8 Å². The number of methoxy groups -OCH3 is 2. The summed E-state index contributed by atoms with van der Waals surface area (Å²) in [5, 5.41) is 0. The van der Waals surface area contributed by atoms with Crippen LogP contribution in [0.1, 0.15) is 52.7 Å². The predicted octanol–water partition coefficient (Wildman–Crippen LogP) is 10.2. The lowest BCUT2D eigenvalue weighted by Crippen LogP contribution is -2.27.